The number of phenols is 1. The number of nitrogens with one attached hydrogen (secondary N) is 1. The molecule has 0 radical (unpaired) electrons. The molecular formula is C14H22Cl2F2N2O. The molecule has 2 N–H and O–H groups in total. The van der Waals surface area contributed by atoms with E-state index < -0.39 is 17.4 Å². The lowest BCUT2D eigenvalue weighted by atomic mass is 9.98. The number of nitrogens with zero attached hydrogens (tertiary/aromatic N) is 1. The third-order valence-corrected chi connectivity index (χ3v) is 3.60. The van der Waals surface area contributed by atoms with E-state index in [2.05, 4.69) is 10.2 Å². The highest BCUT2D eigenvalue weighted by molar-refractivity contribution is 5.85. The third-order valence-electron chi connectivity index (χ3n) is 3.60. The Hall–Kier alpha value is -0.620. The van der Waals surface area contributed by atoms with Gasteiger partial charge in [0.25, 0.3) is 0 Å². The highest BCUT2D eigenvalue weighted by Gasteiger charge is 2.27. The zero-order valence-electron chi connectivity index (χ0n) is 11.9. The van der Waals surface area contributed by atoms with Gasteiger partial charge in [0.1, 0.15) is 5.82 Å². The number of piperazine rings is 1. The fraction of sp³-hybridized carbons (Fsp3) is 0.571. The largest absolute Gasteiger partial charge is 0.505 e. The van der Waals surface area contributed by atoms with E-state index in [-0.39, 0.29) is 36.4 Å². The van der Waals surface area contributed by atoms with Gasteiger partial charge in [-0.3, -0.25) is 4.90 Å². The molecule has 1 aliphatic rings. The summed E-state index contributed by atoms with van der Waals surface area (Å²) in [7, 11) is 0. The average Bonchev–Trinajstić information content (AvgIpc) is 2.43. The summed E-state index contributed by atoms with van der Waals surface area (Å²) in [6, 6.07) is 1.80. The number of benzene rings is 1. The summed E-state index contributed by atoms with van der Waals surface area (Å²) in [5.41, 5.74) is 0.101. The summed E-state index contributed by atoms with van der Waals surface area (Å²) in [6.45, 7) is 5.22. The molecule has 1 aliphatic heterocycles. The van der Waals surface area contributed by atoms with Gasteiger partial charge in [0.2, 0.25) is 0 Å². The average molecular weight is 343 g/mol. The van der Waals surface area contributed by atoms with Crippen molar-refractivity contribution in [2.24, 2.45) is 0 Å². The molecule has 0 bridgehead atoms. The van der Waals surface area contributed by atoms with Gasteiger partial charge >= 0.3 is 0 Å². The number of phenolic OH excluding ortho intramolecular Hbond substituents is 1. The Morgan fingerprint density at radius 3 is 2.33 bits per heavy atom. The first-order valence-corrected chi connectivity index (χ1v) is 6.76. The van der Waals surface area contributed by atoms with Gasteiger partial charge in [-0.2, -0.15) is 0 Å². The van der Waals surface area contributed by atoms with Crippen LogP contribution in [0.1, 0.15) is 31.4 Å². The van der Waals surface area contributed by atoms with Crippen LogP contribution in [0.2, 0.25) is 0 Å². The van der Waals surface area contributed by atoms with Gasteiger partial charge in [-0.25, -0.2) is 8.78 Å². The van der Waals surface area contributed by atoms with Crippen molar-refractivity contribution in [3.05, 3.63) is 29.3 Å². The van der Waals surface area contributed by atoms with Crippen molar-refractivity contribution in [1.82, 2.24) is 10.2 Å². The van der Waals surface area contributed by atoms with Crippen molar-refractivity contribution in [3.63, 3.8) is 0 Å². The van der Waals surface area contributed by atoms with Crippen LogP contribution in [0.5, 0.6) is 5.75 Å². The number of hydrogen-bond donors (Lipinski definition) is 2. The molecule has 3 nitrogen and oxygen atoms in total. The quantitative estimate of drug-likeness (QED) is 0.881. The zero-order valence-corrected chi connectivity index (χ0v) is 13.6. The molecule has 0 aliphatic carbocycles. The minimum atomic E-state index is -0.757. The SMILES string of the molecule is CCC[C@H](c1c(F)ccc(F)c1O)N1CCNCC1.Cl.Cl. The molecule has 1 aromatic carbocycles. The topological polar surface area (TPSA) is 35.5 Å². The van der Waals surface area contributed by atoms with Crippen molar-refractivity contribution in [1.29, 1.82) is 0 Å². The Balaban J connectivity index is 0.00000200. The summed E-state index contributed by atoms with van der Waals surface area (Å²) < 4.78 is 27.5. The number of aromatic hydroxyl groups is 1. The van der Waals surface area contributed by atoms with Crippen molar-refractivity contribution in [2.45, 2.75) is 25.8 Å². The zero-order chi connectivity index (χ0) is 13.8. The molecule has 0 spiro atoms. The smallest absolute Gasteiger partial charge is 0.165 e. The van der Waals surface area contributed by atoms with E-state index in [1.54, 1.807) is 0 Å². The lowest BCUT2D eigenvalue weighted by Gasteiger charge is -2.35. The molecule has 2 rings (SSSR count). The lowest BCUT2D eigenvalue weighted by Crippen LogP contribution is -2.45. The Labute approximate surface area is 136 Å². The molecule has 1 atom stereocenters. The lowest BCUT2D eigenvalue weighted by molar-refractivity contribution is 0.158. The van der Waals surface area contributed by atoms with Gasteiger partial charge in [0.05, 0.1) is 0 Å². The van der Waals surface area contributed by atoms with Crippen LogP contribution >= 0.6 is 24.8 Å². The first-order chi connectivity index (χ1) is 9.15. The van der Waals surface area contributed by atoms with Gasteiger partial charge in [-0.05, 0) is 18.6 Å². The second-order valence-corrected chi connectivity index (χ2v) is 4.88. The highest BCUT2D eigenvalue weighted by atomic mass is 35.5. The molecule has 0 aromatic heterocycles. The first kappa shape index (κ1) is 20.4. The van der Waals surface area contributed by atoms with Crippen LogP contribution in [0.25, 0.3) is 0 Å². The normalized spacial score (nSPS) is 16.7. The van der Waals surface area contributed by atoms with E-state index in [9.17, 15) is 13.9 Å². The van der Waals surface area contributed by atoms with Crippen LogP contribution in [0.4, 0.5) is 8.78 Å². The molecule has 21 heavy (non-hydrogen) atoms. The summed E-state index contributed by atoms with van der Waals surface area (Å²) in [5, 5.41) is 13.1. The molecule has 1 fully saturated rings. The summed E-state index contributed by atoms with van der Waals surface area (Å²) in [4.78, 5) is 2.11. The predicted molar refractivity (Wildman–Crippen MR) is 84.6 cm³/mol. The van der Waals surface area contributed by atoms with E-state index in [4.69, 9.17) is 0 Å². The molecule has 122 valence electrons. The van der Waals surface area contributed by atoms with Gasteiger partial charge in [0.15, 0.2) is 11.6 Å². The second kappa shape index (κ2) is 9.41. The molecule has 1 heterocycles. The van der Waals surface area contributed by atoms with E-state index in [0.29, 0.717) is 6.42 Å². The summed E-state index contributed by atoms with van der Waals surface area (Å²) in [5.74, 6) is -1.83. The van der Waals surface area contributed by atoms with Gasteiger partial charge in [0, 0.05) is 37.8 Å². The number of hydrogen-bond acceptors (Lipinski definition) is 3. The van der Waals surface area contributed by atoms with Crippen LogP contribution in [-0.4, -0.2) is 36.2 Å². The Kier molecular flexibility index (Phi) is 9.13. The van der Waals surface area contributed by atoms with Crippen LogP contribution < -0.4 is 5.32 Å². The van der Waals surface area contributed by atoms with Gasteiger partial charge < -0.3 is 10.4 Å². The van der Waals surface area contributed by atoms with Crippen LogP contribution in [0.15, 0.2) is 12.1 Å². The Bertz CT molecular complexity index is 443. The predicted octanol–water partition coefficient (Wildman–Crippen LogP) is 3.26. The minimum Gasteiger partial charge on any atom is -0.505 e. The standard InChI is InChI=1S/C14H20F2N2O.2ClH/c1-2-3-12(18-8-6-17-7-9-18)13-10(15)4-5-11(16)14(13)19;;/h4-5,12,17,19H,2-3,6-9H2,1H3;2*1H/t12-;;/m1../s1. The van der Waals surface area contributed by atoms with Crippen molar-refractivity contribution < 1.29 is 13.9 Å². The van der Waals surface area contributed by atoms with Crippen molar-refractivity contribution in [2.75, 3.05) is 26.2 Å². The maximum Gasteiger partial charge on any atom is 0.165 e. The Morgan fingerprint density at radius 2 is 1.76 bits per heavy atom. The minimum absolute atomic E-state index is 0. The molecule has 7 heteroatoms. The maximum atomic E-state index is 14.0. The van der Waals surface area contributed by atoms with Crippen molar-refractivity contribution in [3.8, 4) is 5.75 Å². The van der Waals surface area contributed by atoms with E-state index in [1.807, 2.05) is 6.92 Å². The summed E-state index contributed by atoms with van der Waals surface area (Å²) >= 11 is 0. The van der Waals surface area contributed by atoms with Crippen molar-refractivity contribution >= 4 is 24.8 Å². The molecule has 1 aromatic rings. The van der Waals surface area contributed by atoms with Gasteiger partial charge in [-0.15, -0.1) is 24.8 Å². The molecule has 1 saturated heterocycles. The monoisotopic (exact) mass is 342 g/mol. The first-order valence-electron chi connectivity index (χ1n) is 6.76. The second-order valence-electron chi connectivity index (χ2n) is 4.88. The van der Waals surface area contributed by atoms with Gasteiger partial charge in [-0.1, -0.05) is 13.3 Å². The number of halogens is 4. The number of rotatable bonds is 4. The molecular weight excluding hydrogens is 321 g/mol. The third kappa shape index (κ3) is 4.68. The Morgan fingerprint density at radius 1 is 1.19 bits per heavy atom. The van der Waals surface area contributed by atoms with Crippen LogP contribution in [0.3, 0.4) is 0 Å². The fourth-order valence-electron chi connectivity index (χ4n) is 2.65. The van der Waals surface area contributed by atoms with E-state index in [0.717, 1.165) is 44.7 Å². The molecule has 0 saturated carbocycles. The summed E-state index contributed by atoms with van der Waals surface area (Å²) in [6.07, 6.45) is 1.55. The maximum absolute atomic E-state index is 14.0. The fourth-order valence-corrected chi connectivity index (χ4v) is 2.65. The van der Waals surface area contributed by atoms with E-state index in [1.165, 1.54) is 0 Å². The van der Waals surface area contributed by atoms with E-state index >= 15 is 0 Å². The highest BCUT2D eigenvalue weighted by Crippen LogP contribution is 2.35. The molecule has 0 amide bonds. The van der Waals surface area contributed by atoms with Crippen LogP contribution in [0, 0.1) is 11.6 Å². The molecule has 0 unspecified atom stereocenters. The van der Waals surface area contributed by atoms with Crippen LogP contribution in [-0.2, 0) is 0 Å².